The van der Waals surface area contributed by atoms with Gasteiger partial charge in [0.25, 0.3) is 0 Å². The molecule has 1 fully saturated rings. The molecule has 2 aromatic rings. The molecule has 2 atom stereocenters. The van der Waals surface area contributed by atoms with Crippen LogP contribution in [-0.2, 0) is 16.1 Å². The van der Waals surface area contributed by atoms with Crippen LogP contribution in [0, 0.1) is 0 Å². The first-order chi connectivity index (χ1) is 13.4. The van der Waals surface area contributed by atoms with Gasteiger partial charge in [-0.2, -0.15) is 0 Å². The highest BCUT2D eigenvalue weighted by Crippen LogP contribution is 2.25. The van der Waals surface area contributed by atoms with Crippen LogP contribution in [0.1, 0.15) is 35.7 Å². The number of nitrogens with one attached hydrogen (secondary N) is 1. The number of likely N-dealkylation sites (tertiary alicyclic amines) is 1. The van der Waals surface area contributed by atoms with Crippen molar-refractivity contribution < 1.29 is 9.59 Å². The molecule has 0 bridgehead atoms. The molecule has 7 heteroatoms. The lowest BCUT2D eigenvalue weighted by Crippen LogP contribution is -2.45. The topological polar surface area (TPSA) is 52.7 Å². The lowest BCUT2D eigenvalue weighted by Gasteiger charge is -2.27. The quantitative estimate of drug-likeness (QED) is 0.709. The van der Waals surface area contributed by atoms with E-state index < -0.39 is 6.04 Å². The van der Waals surface area contributed by atoms with E-state index in [0.29, 0.717) is 24.4 Å². The molecule has 150 valence electrons. The largest absolute Gasteiger partial charge is 0.347 e. The second-order valence-corrected chi connectivity index (χ2v) is 8.83. The van der Waals surface area contributed by atoms with E-state index in [1.54, 1.807) is 16.2 Å². The SMILES string of the molecule is CN(C)CCC(NC(=O)C1CCC(=O)N1Cc1cccs1)c1ccc(Cl)cc1. The maximum atomic E-state index is 13.1. The van der Waals surface area contributed by atoms with E-state index in [4.69, 9.17) is 11.6 Å². The Labute approximate surface area is 175 Å². The summed E-state index contributed by atoms with van der Waals surface area (Å²) in [6.45, 7) is 1.34. The fourth-order valence-corrected chi connectivity index (χ4v) is 4.28. The van der Waals surface area contributed by atoms with E-state index in [1.165, 1.54) is 0 Å². The Kier molecular flexibility index (Phi) is 7.10. The van der Waals surface area contributed by atoms with E-state index in [1.807, 2.05) is 55.9 Å². The molecule has 2 heterocycles. The normalized spacial score (nSPS) is 17.9. The summed E-state index contributed by atoms with van der Waals surface area (Å²) in [5.41, 5.74) is 1.02. The van der Waals surface area contributed by atoms with Gasteiger partial charge in [0.05, 0.1) is 12.6 Å². The molecule has 2 amide bonds. The molecule has 3 rings (SSSR count). The van der Waals surface area contributed by atoms with Crippen molar-refractivity contribution in [3.63, 3.8) is 0 Å². The molecule has 0 spiro atoms. The maximum absolute atomic E-state index is 13.1. The van der Waals surface area contributed by atoms with Crippen molar-refractivity contribution in [3.8, 4) is 0 Å². The number of benzene rings is 1. The summed E-state index contributed by atoms with van der Waals surface area (Å²) in [5, 5.41) is 5.84. The average molecular weight is 420 g/mol. The molecule has 1 saturated heterocycles. The van der Waals surface area contributed by atoms with Crippen molar-refractivity contribution in [1.82, 2.24) is 15.1 Å². The van der Waals surface area contributed by atoms with Crippen molar-refractivity contribution >= 4 is 34.8 Å². The van der Waals surface area contributed by atoms with Crippen molar-refractivity contribution in [1.29, 1.82) is 0 Å². The van der Waals surface area contributed by atoms with Crippen LogP contribution >= 0.6 is 22.9 Å². The Morgan fingerprint density at radius 1 is 1.32 bits per heavy atom. The third kappa shape index (κ3) is 5.34. The molecular formula is C21H26ClN3O2S. The number of amides is 2. The molecule has 28 heavy (non-hydrogen) atoms. The highest BCUT2D eigenvalue weighted by atomic mass is 35.5. The molecular weight excluding hydrogens is 394 g/mol. The van der Waals surface area contributed by atoms with Crippen LogP contribution in [0.5, 0.6) is 0 Å². The number of carbonyl (C=O) groups excluding carboxylic acids is 2. The number of nitrogens with zero attached hydrogens (tertiary/aromatic N) is 2. The van der Waals surface area contributed by atoms with Crippen LogP contribution in [0.15, 0.2) is 41.8 Å². The zero-order valence-electron chi connectivity index (χ0n) is 16.2. The molecule has 0 saturated carbocycles. The fraction of sp³-hybridized carbons (Fsp3) is 0.429. The first kappa shape index (κ1) is 20.8. The maximum Gasteiger partial charge on any atom is 0.243 e. The smallest absolute Gasteiger partial charge is 0.243 e. The summed E-state index contributed by atoms with van der Waals surface area (Å²) in [6, 6.07) is 11.0. The van der Waals surface area contributed by atoms with Crippen molar-refractivity contribution in [2.24, 2.45) is 0 Å². The molecule has 5 nitrogen and oxygen atoms in total. The summed E-state index contributed by atoms with van der Waals surface area (Å²) in [4.78, 5) is 30.3. The third-order valence-corrected chi connectivity index (χ3v) is 6.10. The molecule has 0 aliphatic carbocycles. The summed E-state index contributed by atoms with van der Waals surface area (Å²) in [6.07, 6.45) is 1.77. The van der Waals surface area contributed by atoms with Crippen LogP contribution in [0.3, 0.4) is 0 Å². The van der Waals surface area contributed by atoms with Gasteiger partial charge in [0, 0.05) is 16.3 Å². The Hall–Kier alpha value is -1.89. The van der Waals surface area contributed by atoms with E-state index in [0.717, 1.165) is 23.4 Å². The fourth-order valence-electron chi connectivity index (χ4n) is 3.45. The Bertz CT molecular complexity index is 792. The molecule has 1 aromatic carbocycles. The Morgan fingerprint density at radius 2 is 2.07 bits per heavy atom. The number of hydrogen-bond acceptors (Lipinski definition) is 4. The van der Waals surface area contributed by atoms with E-state index >= 15 is 0 Å². The summed E-state index contributed by atoms with van der Waals surface area (Å²) in [5.74, 6) is -0.0361. The number of halogens is 1. The van der Waals surface area contributed by atoms with Crippen molar-refractivity contribution in [2.45, 2.75) is 37.9 Å². The van der Waals surface area contributed by atoms with Gasteiger partial charge >= 0.3 is 0 Å². The minimum Gasteiger partial charge on any atom is -0.347 e. The zero-order valence-corrected chi connectivity index (χ0v) is 17.8. The number of hydrogen-bond donors (Lipinski definition) is 1. The van der Waals surface area contributed by atoms with Gasteiger partial charge < -0.3 is 15.1 Å². The number of carbonyl (C=O) groups is 2. The van der Waals surface area contributed by atoms with Crippen LogP contribution < -0.4 is 5.32 Å². The first-order valence-corrected chi connectivity index (χ1v) is 10.7. The van der Waals surface area contributed by atoms with Gasteiger partial charge in [-0.1, -0.05) is 29.8 Å². The lowest BCUT2D eigenvalue weighted by atomic mass is 10.0. The summed E-state index contributed by atoms with van der Waals surface area (Å²) < 4.78 is 0. The third-order valence-electron chi connectivity index (χ3n) is 4.99. The monoisotopic (exact) mass is 419 g/mol. The van der Waals surface area contributed by atoms with E-state index in [-0.39, 0.29) is 17.9 Å². The summed E-state index contributed by atoms with van der Waals surface area (Å²) in [7, 11) is 4.03. The second kappa shape index (κ2) is 9.54. The van der Waals surface area contributed by atoms with Crippen LogP contribution in [0.4, 0.5) is 0 Å². The van der Waals surface area contributed by atoms with Crippen LogP contribution in [-0.4, -0.2) is 48.3 Å². The van der Waals surface area contributed by atoms with E-state index in [2.05, 4.69) is 10.2 Å². The Morgan fingerprint density at radius 3 is 2.71 bits per heavy atom. The summed E-state index contributed by atoms with van der Waals surface area (Å²) >= 11 is 7.62. The van der Waals surface area contributed by atoms with Crippen molar-refractivity contribution in [3.05, 3.63) is 57.2 Å². The highest BCUT2D eigenvalue weighted by molar-refractivity contribution is 7.09. The molecule has 1 aliphatic heterocycles. The van der Waals surface area contributed by atoms with Gasteiger partial charge in [0.15, 0.2) is 0 Å². The second-order valence-electron chi connectivity index (χ2n) is 7.36. The molecule has 2 unspecified atom stereocenters. The minimum atomic E-state index is -0.413. The predicted octanol–water partition coefficient (Wildman–Crippen LogP) is 3.70. The standard InChI is InChI=1S/C21H26ClN3O2S/c1-24(2)12-11-18(15-5-7-16(22)8-6-15)23-21(27)19-9-10-20(26)25(19)14-17-4-3-13-28-17/h3-8,13,18-19H,9-12,14H2,1-2H3,(H,23,27). The minimum absolute atomic E-state index is 0.0462. The van der Waals surface area contributed by atoms with Crippen LogP contribution in [0.25, 0.3) is 0 Å². The zero-order chi connectivity index (χ0) is 20.1. The number of thiophene rings is 1. The predicted molar refractivity (Wildman–Crippen MR) is 113 cm³/mol. The Balaban J connectivity index is 1.72. The van der Waals surface area contributed by atoms with E-state index in [9.17, 15) is 9.59 Å². The van der Waals surface area contributed by atoms with Crippen LogP contribution in [0.2, 0.25) is 5.02 Å². The van der Waals surface area contributed by atoms with Gasteiger partial charge in [0.1, 0.15) is 6.04 Å². The number of rotatable bonds is 8. The molecule has 1 aliphatic rings. The lowest BCUT2D eigenvalue weighted by molar-refractivity contribution is -0.136. The average Bonchev–Trinajstić information content (AvgIpc) is 3.30. The molecule has 0 radical (unpaired) electrons. The molecule has 1 aromatic heterocycles. The van der Waals surface area contributed by atoms with Gasteiger partial charge in [-0.15, -0.1) is 11.3 Å². The van der Waals surface area contributed by atoms with Gasteiger partial charge in [-0.05, 0) is 62.6 Å². The van der Waals surface area contributed by atoms with Gasteiger partial charge in [0.2, 0.25) is 11.8 Å². The first-order valence-electron chi connectivity index (χ1n) is 9.46. The highest BCUT2D eigenvalue weighted by Gasteiger charge is 2.36. The van der Waals surface area contributed by atoms with Gasteiger partial charge in [-0.3, -0.25) is 9.59 Å². The molecule has 1 N–H and O–H groups in total. The van der Waals surface area contributed by atoms with Gasteiger partial charge in [-0.25, -0.2) is 0 Å². The van der Waals surface area contributed by atoms with Crippen molar-refractivity contribution in [2.75, 3.05) is 20.6 Å².